The van der Waals surface area contributed by atoms with E-state index in [1.807, 2.05) is 40.1 Å². The van der Waals surface area contributed by atoms with Gasteiger partial charge in [0.1, 0.15) is 5.75 Å². The predicted octanol–water partition coefficient (Wildman–Crippen LogP) is 1.61. The maximum Gasteiger partial charge on any atom is 0.226 e. The zero-order chi connectivity index (χ0) is 18.2. The van der Waals surface area contributed by atoms with Gasteiger partial charge in [-0.1, -0.05) is 18.2 Å². The van der Waals surface area contributed by atoms with E-state index in [1.54, 1.807) is 0 Å². The Labute approximate surface area is 155 Å². The molecule has 0 aliphatic carbocycles. The highest BCUT2D eigenvalue weighted by molar-refractivity contribution is 5.78. The minimum atomic E-state index is 0.102. The zero-order valence-corrected chi connectivity index (χ0v) is 15.4. The molecule has 0 atom stereocenters. The quantitative estimate of drug-likeness (QED) is 0.742. The van der Waals surface area contributed by atoms with E-state index in [4.69, 9.17) is 4.74 Å². The summed E-state index contributed by atoms with van der Waals surface area (Å²) in [5, 5.41) is 0. The van der Waals surface area contributed by atoms with Crippen molar-refractivity contribution in [2.75, 3.05) is 52.4 Å². The molecule has 0 bridgehead atoms. The molecular formula is C20H29N3O3. The van der Waals surface area contributed by atoms with Crippen LogP contribution in [0.25, 0.3) is 0 Å². The molecule has 0 unspecified atom stereocenters. The number of hydrogen-bond acceptors (Lipinski definition) is 4. The molecule has 0 radical (unpaired) electrons. The van der Waals surface area contributed by atoms with E-state index in [2.05, 4.69) is 4.90 Å². The molecule has 0 N–H and O–H groups in total. The summed E-state index contributed by atoms with van der Waals surface area (Å²) in [6.45, 7) is 6.04. The van der Waals surface area contributed by atoms with Crippen LogP contribution in [-0.4, -0.2) is 78.9 Å². The van der Waals surface area contributed by atoms with Crippen molar-refractivity contribution >= 4 is 11.8 Å². The molecular weight excluding hydrogens is 330 g/mol. The number of nitrogens with zero attached hydrogens (tertiary/aromatic N) is 3. The molecule has 2 heterocycles. The number of piperazine rings is 1. The Hall–Kier alpha value is -2.08. The Balaban J connectivity index is 1.32. The van der Waals surface area contributed by atoms with Gasteiger partial charge in [-0.3, -0.25) is 9.59 Å². The molecule has 142 valence electrons. The summed E-state index contributed by atoms with van der Waals surface area (Å²) in [6.07, 6.45) is 3.47. The van der Waals surface area contributed by atoms with Crippen LogP contribution >= 0.6 is 0 Å². The predicted molar refractivity (Wildman–Crippen MR) is 100 cm³/mol. The standard InChI is InChI=1S/C20H29N3O3/c24-19(8-12-21-10-4-5-11-21)22-13-15-23(16-14-22)20(25)9-17-26-18-6-2-1-3-7-18/h1-3,6-7H,4-5,8-17H2. The highest BCUT2D eigenvalue weighted by atomic mass is 16.5. The van der Waals surface area contributed by atoms with Gasteiger partial charge >= 0.3 is 0 Å². The summed E-state index contributed by atoms with van der Waals surface area (Å²) in [4.78, 5) is 30.8. The van der Waals surface area contributed by atoms with Crippen LogP contribution in [0.5, 0.6) is 5.75 Å². The maximum absolute atomic E-state index is 12.3. The first-order chi connectivity index (χ1) is 12.7. The molecule has 0 spiro atoms. The third kappa shape index (κ3) is 5.46. The molecule has 6 heteroatoms. The highest BCUT2D eigenvalue weighted by Crippen LogP contribution is 2.11. The third-order valence-corrected chi connectivity index (χ3v) is 5.15. The van der Waals surface area contributed by atoms with Gasteiger partial charge in [0, 0.05) is 39.1 Å². The number of para-hydroxylation sites is 1. The highest BCUT2D eigenvalue weighted by Gasteiger charge is 2.24. The number of likely N-dealkylation sites (tertiary alicyclic amines) is 1. The number of amides is 2. The molecule has 0 saturated carbocycles. The van der Waals surface area contributed by atoms with Crippen LogP contribution in [0.2, 0.25) is 0 Å². The van der Waals surface area contributed by atoms with Crippen molar-refractivity contribution in [3.05, 3.63) is 30.3 Å². The summed E-state index contributed by atoms with van der Waals surface area (Å²) in [5.41, 5.74) is 0. The first kappa shape index (κ1) is 18.7. The number of ether oxygens (including phenoxy) is 1. The van der Waals surface area contributed by atoms with E-state index in [1.165, 1.54) is 12.8 Å². The van der Waals surface area contributed by atoms with Gasteiger partial charge in [-0.2, -0.15) is 0 Å². The zero-order valence-electron chi connectivity index (χ0n) is 15.4. The van der Waals surface area contributed by atoms with Crippen LogP contribution in [0.4, 0.5) is 0 Å². The molecule has 2 aliphatic rings. The van der Waals surface area contributed by atoms with E-state index in [-0.39, 0.29) is 11.8 Å². The number of carbonyl (C=O) groups is 2. The van der Waals surface area contributed by atoms with Gasteiger partial charge in [0.05, 0.1) is 13.0 Å². The summed E-state index contributed by atoms with van der Waals surface area (Å²) in [5.74, 6) is 1.11. The lowest BCUT2D eigenvalue weighted by atomic mass is 10.2. The third-order valence-electron chi connectivity index (χ3n) is 5.15. The van der Waals surface area contributed by atoms with Crippen molar-refractivity contribution in [2.45, 2.75) is 25.7 Å². The average molecular weight is 359 g/mol. The Morgan fingerprint density at radius 3 is 2.00 bits per heavy atom. The number of rotatable bonds is 7. The molecule has 6 nitrogen and oxygen atoms in total. The molecule has 1 aromatic rings. The van der Waals surface area contributed by atoms with Crippen molar-refractivity contribution in [2.24, 2.45) is 0 Å². The minimum Gasteiger partial charge on any atom is -0.493 e. The Morgan fingerprint density at radius 2 is 1.38 bits per heavy atom. The van der Waals surface area contributed by atoms with Crippen LogP contribution in [0.1, 0.15) is 25.7 Å². The molecule has 0 aromatic heterocycles. The van der Waals surface area contributed by atoms with Crippen LogP contribution in [0.3, 0.4) is 0 Å². The minimum absolute atomic E-state index is 0.102. The van der Waals surface area contributed by atoms with Crippen LogP contribution in [0, 0.1) is 0 Å². The van der Waals surface area contributed by atoms with Crippen molar-refractivity contribution in [3.8, 4) is 5.75 Å². The molecule has 1 aromatic carbocycles. The largest absolute Gasteiger partial charge is 0.493 e. The van der Waals surface area contributed by atoms with Gasteiger partial charge in [-0.05, 0) is 38.1 Å². The smallest absolute Gasteiger partial charge is 0.226 e. The van der Waals surface area contributed by atoms with E-state index in [0.717, 1.165) is 25.4 Å². The Bertz CT molecular complexity index is 579. The second kappa shape index (κ2) is 9.57. The fraction of sp³-hybridized carbons (Fsp3) is 0.600. The van der Waals surface area contributed by atoms with Gasteiger partial charge in [0.15, 0.2) is 0 Å². The summed E-state index contributed by atoms with van der Waals surface area (Å²) >= 11 is 0. The van der Waals surface area contributed by atoms with Crippen LogP contribution < -0.4 is 4.74 Å². The molecule has 2 fully saturated rings. The second-order valence-electron chi connectivity index (χ2n) is 6.97. The topological polar surface area (TPSA) is 53.1 Å². The molecule has 3 rings (SSSR count). The molecule has 2 amide bonds. The van der Waals surface area contributed by atoms with E-state index in [9.17, 15) is 9.59 Å². The fourth-order valence-corrected chi connectivity index (χ4v) is 3.55. The van der Waals surface area contributed by atoms with E-state index in [0.29, 0.717) is 45.6 Å². The van der Waals surface area contributed by atoms with E-state index >= 15 is 0 Å². The van der Waals surface area contributed by atoms with Gasteiger partial charge in [-0.25, -0.2) is 0 Å². The van der Waals surface area contributed by atoms with Crippen molar-refractivity contribution in [1.82, 2.24) is 14.7 Å². The fourth-order valence-electron chi connectivity index (χ4n) is 3.55. The van der Waals surface area contributed by atoms with Gasteiger partial charge in [-0.15, -0.1) is 0 Å². The Morgan fingerprint density at radius 1 is 0.808 bits per heavy atom. The number of hydrogen-bond donors (Lipinski definition) is 0. The number of carbonyl (C=O) groups excluding carboxylic acids is 2. The van der Waals surface area contributed by atoms with Crippen molar-refractivity contribution in [1.29, 1.82) is 0 Å². The first-order valence-electron chi connectivity index (χ1n) is 9.68. The Kier molecular flexibility index (Phi) is 6.89. The lowest BCUT2D eigenvalue weighted by molar-refractivity contribution is -0.140. The van der Waals surface area contributed by atoms with Crippen LogP contribution in [0.15, 0.2) is 30.3 Å². The van der Waals surface area contributed by atoms with Crippen molar-refractivity contribution < 1.29 is 14.3 Å². The van der Waals surface area contributed by atoms with Crippen molar-refractivity contribution in [3.63, 3.8) is 0 Å². The molecule has 2 aliphatic heterocycles. The molecule has 26 heavy (non-hydrogen) atoms. The average Bonchev–Trinajstić information content (AvgIpc) is 3.20. The summed E-state index contributed by atoms with van der Waals surface area (Å²) in [6, 6.07) is 9.53. The monoisotopic (exact) mass is 359 g/mol. The lowest BCUT2D eigenvalue weighted by Crippen LogP contribution is -2.51. The SMILES string of the molecule is O=C(CCOc1ccccc1)N1CCN(C(=O)CCN2CCCC2)CC1. The van der Waals surface area contributed by atoms with Gasteiger partial charge in [0.25, 0.3) is 0 Å². The van der Waals surface area contributed by atoms with E-state index < -0.39 is 0 Å². The molecule has 2 saturated heterocycles. The maximum atomic E-state index is 12.3. The summed E-state index contributed by atoms with van der Waals surface area (Å²) < 4.78 is 5.59. The first-order valence-corrected chi connectivity index (χ1v) is 9.68. The van der Waals surface area contributed by atoms with Gasteiger partial charge in [0.2, 0.25) is 11.8 Å². The lowest BCUT2D eigenvalue weighted by Gasteiger charge is -2.35. The summed E-state index contributed by atoms with van der Waals surface area (Å²) in [7, 11) is 0. The van der Waals surface area contributed by atoms with Gasteiger partial charge < -0.3 is 19.4 Å². The number of benzene rings is 1. The second-order valence-corrected chi connectivity index (χ2v) is 6.97. The van der Waals surface area contributed by atoms with Crippen LogP contribution in [-0.2, 0) is 9.59 Å². The normalized spacial score (nSPS) is 18.2.